The van der Waals surface area contributed by atoms with Crippen LogP contribution in [0.5, 0.6) is 0 Å². The number of amides is 1. The van der Waals surface area contributed by atoms with Gasteiger partial charge in [0.1, 0.15) is 0 Å². The Labute approximate surface area is 165 Å². The van der Waals surface area contributed by atoms with Crippen LogP contribution in [0.25, 0.3) is 0 Å². The van der Waals surface area contributed by atoms with E-state index in [1.807, 2.05) is 0 Å². The van der Waals surface area contributed by atoms with E-state index in [1.165, 1.54) is 38.5 Å². The standard InChI is InChI=1S/C22H39N3O2/c1-21(2,3)14-25-12-18-17(19-9-10-22(18,15-25)27-19)11-23-20(26)13-24(4)16-7-5-6-8-16/h16-19H,5-15H2,1-4H3,(H,23,26)/t17-,18+,19+,22+/m0/s1. The summed E-state index contributed by atoms with van der Waals surface area (Å²) in [5, 5.41) is 3.26. The highest BCUT2D eigenvalue weighted by molar-refractivity contribution is 5.78. The van der Waals surface area contributed by atoms with Gasteiger partial charge in [-0.25, -0.2) is 0 Å². The molecule has 0 aromatic heterocycles. The number of hydrogen-bond donors (Lipinski definition) is 1. The molecule has 4 rings (SSSR count). The van der Waals surface area contributed by atoms with Crippen LogP contribution in [0.4, 0.5) is 0 Å². The van der Waals surface area contributed by atoms with Gasteiger partial charge < -0.3 is 10.1 Å². The number of likely N-dealkylation sites (N-methyl/N-ethyl adjacent to an activating group) is 1. The fraction of sp³-hybridized carbons (Fsp3) is 0.955. The molecule has 4 atom stereocenters. The maximum absolute atomic E-state index is 12.5. The van der Waals surface area contributed by atoms with E-state index in [0.717, 1.165) is 26.2 Å². The molecule has 4 fully saturated rings. The van der Waals surface area contributed by atoms with Crippen molar-refractivity contribution in [2.75, 3.05) is 39.8 Å². The highest BCUT2D eigenvalue weighted by Crippen LogP contribution is 2.54. The lowest BCUT2D eigenvalue weighted by Gasteiger charge is -2.30. The Bertz CT molecular complexity index is 554. The first-order valence-corrected chi connectivity index (χ1v) is 11.1. The summed E-state index contributed by atoms with van der Waals surface area (Å²) in [6.45, 7) is 11.6. The van der Waals surface area contributed by atoms with Gasteiger partial charge in [-0.05, 0) is 38.1 Å². The van der Waals surface area contributed by atoms with E-state index in [9.17, 15) is 4.79 Å². The summed E-state index contributed by atoms with van der Waals surface area (Å²) in [5.41, 5.74) is 0.397. The zero-order chi connectivity index (χ0) is 19.2. The predicted molar refractivity (Wildman–Crippen MR) is 108 cm³/mol. The summed E-state index contributed by atoms with van der Waals surface area (Å²) in [5.74, 6) is 1.27. The summed E-state index contributed by atoms with van der Waals surface area (Å²) in [4.78, 5) is 17.4. The summed E-state index contributed by atoms with van der Waals surface area (Å²) in [6, 6.07) is 0.602. The molecule has 5 nitrogen and oxygen atoms in total. The highest BCUT2D eigenvalue weighted by Gasteiger charge is 2.62. The minimum atomic E-state index is 0.0753. The van der Waals surface area contributed by atoms with Crippen LogP contribution < -0.4 is 5.32 Å². The number of fused-ring (bicyclic) bond motifs is 1. The SMILES string of the molecule is CN(CC(=O)NC[C@H]1[C@H]2CN(CC(C)(C)C)C[C@]23CC[C@H]1O3)C1CCCC1. The number of rotatable bonds is 6. The Morgan fingerprint density at radius 1 is 1.26 bits per heavy atom. The Hall–Kier alpha value is -0.650. The van der Waals surface area contributed by atoms with Crippen LogP contribution >= 0.6 is 0 Å². The van der Waals surface area contributed by atoms with Crippen molar-refractivity contribution in [3.05, 3.63) is 0 Å². The Balaban J connectivity index is 1.30. The summed E-state index contributed by atoms with van der Waals surface area (Å²) in [6.07, 6.45) is 7.85. The van der Waals surface area contributed by atoms with Gasteiger partial charge >= 0.3 is 0 Å². The monoisotopic (exact) mass is 377 g/mol. The first kappa shape index (κ1) is 19.7. The number of hydrogen-bond acceptors (Lipinski definition) is 4. The molecule has 0 aromatic carbocycles. The smallest absolute Gasteiger partial charge is 0.234 e. The first-order chi connectivity index (χ1) is 12.8. The molecule has 4 aliphatic rings. The van der Waals surface area contributed by atoms with E-state index in [4.69, 9.17) is 4.74 Å². The molecule has 27 heavy (non-hydrogen) atoms. The first-order valence-electron chi connectivity index (χ1n) is 11.1. The summed E-state index contributed by atoms with van der Waals surface area (Å²) in [7, 11) is 2.10. The summed E-state index contributed by atoms with van der Waals surface area (Å²) >= 11 is 0. The number of carbonyl (C=O) groups excluding carboxylic acids is 1. The second-order valence-electron chi connectivity index (χ2n) is 10.9. The van der Waals surface area contributed by atoms with Crippen LogP contribution in [0, 0.1) is 17.3 Å². The maximum atomic E-state index is 12.5. The number of ether oxygens (including phenoxy) is 1. The third kappa shape index (κ3) is 4.06. The predicted octanol–water partition coefficient (Wildman–Crippen LogP) is 2.50. The van der Waals surface area contributed by atoms with Crippen molar-refractivity contribution < 1.29 is 9.53 Å². The molecule has 3 saturated heterocycles. The van der Waals surface area contributed by atoms with Gasteiger partial charge in [0.25, 0.3) is 0 Å². The van der Waals surface area contributed by atoms with E-state index >= 15 is 0 Å². The van der Waals surface area contributed by atoms with Crippen LogP contribution in [-0.2, 0) is 9.53 Å². The molecule has 1 aliphatic carbocycles. The van der Waals surface area contributed by atoms with Crippen molar-refractivity contribution in [3.8, 4) is 0 Å². The molecular formula is C22H39N3O2. The second kappa shape index (κ2) is 7.31. The topological polar surface area (TPSA) is 44.8 Å². The lowest BCUT2D eigenvalue weighted by atomic mass is 9.73. The van der Waals surface area contributed by atoms with Crippen LogP contribution in [-0.4, -0.2) is 73.2 Å². The van der Waals surface area contributed by atoms with Gasteiger partial charge in [-0.1, -0.05) is 33.6 Å². The van der Waals surface area contributed by atoms with Crippen molar-refractivity contribution in [2.45, 2.75) is 77.0 Å². The van der Waals surface area contributed by atoms with Gasteiger partial charge in [-0.15, -0.1) is 0 Å². The molecule has 3 aliphatic heterocycles. The molecule has 154 valence electrons. The van der Waals surface area contributed by atoms with E-state index < -0.39 is 0 Å². The van der Waals surface area contributed by atoms with E-state index in [1.54, 1.807) is 0 Å². The second-order valence-corrected chi connectivity index (χ2v) is 10.9. The number of carbonyl (C=O) groups is 1. The average molecular weight is 378 g/mol. The van der Waals surface area contributed by atoms with Gasteiger partial charge in [0.2, 0.25) is 5.91 Å². The fourth-order valence-corrected chi connectivity index (χ4v) is 6.34. The minimum absolute atomic E-state index is 0.0753. The zero-order valence-electron chi connectivity index (χ0n) is 17.8. The highest BCUT2D eigenvalue weighted by atomic mass is 16.5. The van der Waals surface area contributed by atoms with Gasteiger partial charge in [-0.2, -0.15) is 0 Å². The summed E-state index contributed by atoms with van der Waals surface area (Å²) < 4.78 is 6.53. The number of nitrogens with one attached hydrogen (secondary N) is 1. The molecule has 1 amide bonds. The molecule has 0 unspecified atom stereocenters. The molecule has 3 heterocycles. The van der Waals surface area contributed by atoms with Crippen molar-refractivity contribution in [1.29, 1.82) is 0 Å². The van der Waals surface area contributed by atoms with Gasteiger partial charge in [0, 0.05) is 44.1 Å². The Kier molecular flexibility index (Phi) is 5.32. The molecular weight excluding hydrogens is 338 g/mol. The third-order valence-electron chi connectivity index (χ3n) is 7.43. The van der Waals surface area contributed by atoms with Crippen molar-refractivity contribution >= 4 is 5.91 Å². The normalized spacial score (nSPS) is 36.7. The molecule has 2 bridgehead atoms. The number of nitrogens with zero attached hydrogens (tertiary/aromatic N) is 2. The van der Waals surface area contributed by atoms with E-state index in [2.05, 4.69) is 42.9 Å². The lowest BCUT2D eigenvalue weighted by molar-refractivity contribution is -0.122. The lowest BCUT2D eigenvalue weighted by Crippen LogP contribution is -2.45. The van der Waals surface area contributed by atoms with Crippen molar-refractivity contribution in [1.82, 2.24) is 15.1 Å². The van der Waals surface area contributed by atoms with Crippen LogP contribution in [0.1, 0.15) is 59.3 Å². The molecule has 1 N–H and O–H groups in total. The van der Waals surface area contributed by atoms with Gasteiger partial charge in [-0.3, -0.25) is 14.6 Å². The molecule has 0 aromatic rings. The van der Waals surface area contributed by atoms with Gasteiger partial charge in [0.15, 0.2) is 0 Å². The van der Waals surface area contributed by atoms with Crippen LogP contribution in [0.15, 0.2) is 0 Å². The quantitative estimate of drug-likeness (QED) is 0.772. The fourth-order valence-electron chi connectivity index (χ4n) is 6.34. The molecule has 5 heteroatoms. The van der Waals surface area contributed by atoms with Crippen LogP contribution in [0.2, 0.25) is 0 Å². The molecule has 0 radical (unpaired) electrons. The Morgan fingerprint density at radius 2 is 2.00 bits per heavy atom. The minimum Gasteiger partial charge on any atom is -0.370 e. The maximum Gasteiger partial charge on any atom is 0.234 e. The van der Waals surface area contributed by atoms with Crippen molar-refractivity contribution in [2.24, 2.45) is 17.3 Å². The van der Waals surface area contributed by atoms with E-state index in [-0.39, 0.29) is 11.5 Å². The van der Waals surface area contributed by atoms with Crippen LogP contribution in [0.3, 0.4) is 0 Å². The van der Waals surface area contributed by atoms with Gasteiger partial charge in [0.05, 0.1) is 18.2 Å². The molecule has 1 spiro atoms. The average Bonchev–Trinajstić information content (AvgIpc) is 3.31. The largest absolute Gasteiger partial charge is 0.370 e. The molecule has 1 saturated carbocycles. The third-order valence-corrected chi connectivity index (χ3v) is 7.43. The number of likely N-dealkylation sites (tertiary alicyclic amines) is 1. The zero-order valence-corrected chi connectivity index (χ0v) is 17.8. The van der Waals surface area contributed by atoms with Crippen molar-refractivity contribution in [3.63, 3.8) is 0 Å². The van der Waals surface area contributed by atoms with E-state index in [0.29, 0.717) is 35.9 Å². The Morgan fingerprint density at radius 3 is 2.70 bits per heavy atom.